The molecule has 4 fully saturated rings. The number of hydrogen-bond donors (Lipinski definition) is 1. The second-order valence-corrected chi connectivity index (χ2v) is 11.0. The Balaban J connectivity index is 1.52. The molecule has 0 heterocycles. The summed E-state index contributed by atoms with van der Waals surface area (Å²) in [4.78, 5) is 11.0. The van der Waals surface area contributed by atoms with Crippen LogP contribution in [0.5, 0.6) is 0 Å². The Labute approximate surface area is 160 Å². The summed E-state index contributed by atoms with van der Waals surface area (Å²) in [7, 11) is 0. The van der Waals surface area contributed by atoms with Gasteiger partial charge >= 0.3 is 5.97 Å². The van der Waals surface area contributed by atoms with Gasteiger partial charge in [0.25, 0.3) is 0 Å². The van der Waals surface area contributed by atoms with Crippen LogP contribution in [0.1, 0.15) is 97.8 Å². The first-order valence-electron chi connectivity index (χ1n) is 11.6. The van der Waals surface area contributed by atoms with Gasteiger partial charge in [-0.15, -0.1) is 0 Å². The highest BCUT2D eigenvalue weighted by molar-refractivity contribution is 5.66. The lowest BCUT2D eigenvalue weighted by atomic mass is 9.44. The summed E-state index contributed by atoms with van der Waals surface area (Å²) < 4.78 is 0. The summed E-state index contributed by atoms with van der Waals surface area (Å²) in [5.74, 6) is 4.57. The first-order chi connectivity index (χ1) is 12.4. The Bertz CT molecular complexity index is 542. The molecule has 0 aromatic carbocycles. The van der Waals surface area contributed by atoms with E-state index in [1.807, 2.05) is 0 Å². The van der Waals surface area contributed by atoms with Crippen molar-refractivity contribution in [1.29, 1.82) is 0 Å². The third kappa shape index (κ3) is 2.85. The molecule has 0 amide bonds. The molecule has 26 heavy (non-hydrogen) atoms. The van der Waals surface area contributed by atoms with Crippen molar-refractivity contribution in [1.82, 2.24) is 0 Å². The molecule has 1 N–H and O–H groups in total. The first-order valence-corrected chi connectivity index (χ1v) is 11.6. The van der Waals surface area contributed by atoms with Crippen molar-refractivity contribution in [2.24, 2.45) is 46.3 Å². The van der Waals surface area contributed by atoms with Crippen LogP contribution in [0.2, 0.25) is 0 Å². The normalized spacial score (nSPS) is 49.0. The van der Waals surface area contributed by atoms with Crippen LogP contribution >= 0.6 is 0 Å². The zero-order valence-corrected chi connectivity index (χ0v) is 17.3. The summed E-state index contributed by atoms with van der Waals surface area (Å²) in [6, 6.07) is 0. The monoisotopic (exact) mass is 360 g/mol. The molecule has 4 saturated carbocycles. The van der Waals surface area contributed by atoms with Crippen LogP contribution in [0, 0.1) is 46.3 Å². The number of fused-ring (bicyclic) bond motifs is 5. The quantitative estimate of drug-likeness (QED) is 0.618. The van der Waals surface area contributed by atoms with Gasteiger partial charge in [-0.05, 0) is 104 Å². The number of carbonyl (C=O) groups is 1. The maximum absolute atomic E-state index is 11.0. The van der Waals surface area contributed by atoms with Crippen molar-refractivity contribution in [2.75, 3.05) is 0 Å². The SMILES string of the molecule is C[C@H](CCC(=O)O)[C@@H]1CC[C@@H]2[C@H]3CC[C@H]4CCCC[C@]4(C)[C@@H]3CC[C@@]21C. The number of carboxylic acids is 1. The number of hydrogen-bond acceptors (Lipinski definition) is 1. The molecule has 4 rings (SSSR count). The zero-order chi connectivity index (χ0) is 18.5. The van der Waals surface area contributed by atoms with Crippen LogP contribution in [0.4, 0.5) is 0 Å². The minimum absolute atomic E-state index is 0.351. The van der Waals surface area contributed by atoms with Gasteiger partial charge in [0.2, 0.25) is 0 Å². The topological polar surface area (TPSA) is 37.3 Å². The maximum Gasteiger partial charge on any atom is 0.303 e. The molecule has 4 aliphatic rings. The van der Waals surface area contributed by atoms with Gasteiger partial charge in [0.1, 0.15) is 0 Å². The van der Waals surface area contributed by atoms with Crippen molar-refractivity contribution < 1.29 is 9.90 Å². The average Bonchev–Trinajstić information content (AvgIpc) is 2.96. The van der Waals surface area contributed by atoms with Gasteiger partial charge < -0.3 is 5.11 Å². The van der Waals surface area contributed by atoms with E-state index in [0.717, 1.165) is 36.0 Å². The van der Waals surface area contributed by atoms with Gasteiger partial charge in [0.05, 0.1) is 0 Å². The highest BCUT2D eigenvalue weighted by atomic mass is 16.4. The van der Waals surface area contributed by atoms with Gasteiger partial charge in [-0.2, -0.15) is 0 Å². The van der Waals surface area contributed by atoms with Crippen LogP contribution in [-0.2, 0) is 4.79 Å². The Morgan fingerprint density at radius 3 is 2.50 bits per heavy atom. The van der Waals surface area contributed by atoms with Crippen LogP contribution in [0.25, 0.3) is 0 Å². The zero-order valence-electron chi connectivity index (χ0n) is 17.3. The second kappa shape index (κ2) is 6.82. The fourth-order valence-electron chi connectivity index (χ4n) is 8.82. The molecule has 0 aromatic heterocycles. The second-order valence-electron chi connectivity index (χ2n) is 11.0. The van der Waals surface area contributed by atoms with Crippen molar-refractivity contribution >= 4 is 5.97 Å². The standard InChI is InChI=1S/C24H40O2/c1-16(7-12-22(25)26)19-10-11-20-18-9-8-17-6-4-5-14-23(17,2)21(18)13-15-24(19,20)3/h16-21H,4-15H2,1-3H3,(H,25,26)/t16-,17-,18-,19+,20-,21-,23+,24-/m1/s1. The third-order valence-electron chi connectivity index (χ3n) is 10.2. The fourth-order valence-corrected chi connectivity index (χ4v) is 8.82. The number of rotatable bonds is 4. The van der Waals surface area contributed by atoms with E-state index in [1.165, 1.54) is 64.2 Å². The largest absolute Gasteiger partial charge is 0.481 e. The molecule has 148 valence electrons. The third-order valence-corrected chi connectivity index (χ3v) is 10.2. The molecule has 0 saturated heterocycles. The molecule has 0 aliphatic heterocycles. The van der Waals surface area contributed by atoms with Gasteiger partial charge in [-0.3, -0.25) is 4.79 Å². The van der Waals surface area contributed by atoms with Crippen LogP contribution in [0.15, 0.2) is 0 Å². The van der Waals surface area contributed by atoms with E-state index >= 15 is 0 Å². The van der Waals surface area contributed by atoms with Gasteiger partial charge in [-0.1, -0.05) is 33.6 Å². The highest BCUT2D eigenvalue weighted by Gasteiger charge is 2.60. The smallest absolute Gasteiger partial charge is 0.303 e. The molecule has 0 aromatic rings. The molecule has 4 aliphatic carbocycles. The van der Waals surface area contributed by atoms with E-state index in [-0.39, 0.29) is 0 Å². The minimum Gasteiger partial charge on any atom is -0.481 e. The van der Waals surface area contributed by atoms with Gasteiger partial charge in [0.15, 0.2) is 0 Å². The van der Waals surface area contributed by atoms with Crippen LogP contribution < -0.4 is 0 Å². The molecule has 0 radical (unpaired) electrons. The summed E-state index contributed by atoms with van der Waals surface area (Å²) in [5.41, 5.74) is 1.12. The Kier molecular flexibility index (Phi) is 4.93. The molecular weight excluding hydrogens is 320 g/mol. The predicted molar refractivity (Wildman–Crippen MR) is 106 cm³/mol. The van der Waals surface area contributed by atoms with Crippen molar-refractivity contribution in [3.63, 3.8) is 0 Å². The summed E-state index contributed by atoms with van der Waals surface area (Å²) in [6.07, 6.45) is 15.7. The first kappa shape index (κ1) is 18.8. The van der Waals surface area contributed by atoms with E-state index in [4.69, 9.17) is 5.11 Å². The summed E-state index contributed by atoms with van der Waals surface area (Å²) in [5, 5.41) is 9.09. The number of carboxylic acid groups (broad SMARTS) is 1. The molecular formula is C24H40O2. The Morgan fingerprint density at radius 1 is 0.962 bits per heavy atom. The predicted octanol–water partition coefficient (Wildman–Crippen LogP) is 6.54. The summed E-state index contributed by atoms with van der Waals surface area (Å²) in [6.45, 7) is 7.60. The van der Waals surface area contributed by atoms with E-state index in [2.05, 4.69) is 20.8 Å². The Morgan fingerprint density at radius 2 is 1.73 bits per heavy atom. The van der Waals surface area contributed by atoms with Gasteiger partial charge in [-0.25, -0.2) is 0 Å². The van der Waals surface area contributed by atoms with E-state index in [1.54, 1.807) is 0 Å². The highest BCUT2D eigenvalue weighted by Crippen LogP contribution is 2.68. The van der Waals surface area contributed by atoms with Crippen molar-refractivity contribution in [2.45, 2.75) is 97.8 Å². The van der Waals surface area contributed by atoms with E-state index in [0.29, 0.717) is 23.2 Å². The fraction of sp³-hybridized carbons (Fsp3) is 0.958. The molecule has 8 atom stereocenters. The molecule has 0 bridgehead atoms. The molecule has 0 spiro atoms. The minimum atomic E-state index is -0.621. The van der Waals surface area contributed by atoms with E-state index < -0.39 is 5.97 Å². The molecule has 2 nitrogen and oxygen atoms in total. The van der Waals surface area contributed by atoms with Crippen LogP contribution in [-0.4, -0.2) is 11.1 Å². The molecule has 2 heteroatoms. The summed E-state index contributed by atoms with van der Waals surface area (Å²) >= 11 is 0. The van der Waals surface area contributed by atoms with E-state index in [9.17, 15) is 4.79 Å². The lowest BCUT2D eigenvalue weighted by Crippen LogP contribution is -2.53. The lowest BCUT2D eigenvalue weighted by molar-refractivity contribution is -0.137. The molecule has 0 unspecified atom stereocenters. The lowest BCUT2D eigenvalue weighted by Gasteiger charge is -2.61. The van der Waals surface area contributed by atoms with Crippen LogP contribution in [0.3, 0.4) is 0 Å². The van der Waals surface area contributed by atoms with Gasteiger partial charge in [0, 0.05) is 6.42 Å². The maximum atomic E-state index is 11.0. The van der Waals surface area contributed by atoms with Crippen molar-refractivity contribution in [3.05, 3.63) is 0 Å². The van der Waals surface area contributed by atoms with Crippen molar-refractivity contribution in [3.8, 4) is 0 Å². The average molecular weight is 361 g/mol. The Hall–Kier alpha value is -0.530. The number of aliphatic carboxylic acids is 1.